The summed E-state index contributed by atoms with van der Waals surface area (Å²) in [6.45, 7) is 11.5. The second-order valence-electron chi connectivity index (χ2n) is 5.52. The highest BCUT2D eigenvalue weighted by molar-refractivity contribution is 7.99. The number of rotatable bonds is 5. The minimum Gasteiger partial charge on any atom is -0.324 e. The van der Waals surface area contributed by atoms with E-state index in [0.29, 0.717) is 11.2 Å². The summed E-state index contributed by atoms with van der Waals surface area (Å²) in [5, 5.41) is 4.00. The van der Waals surface area contributed by atoms with Gasteiger partial charge in [-0.25, -0.2) is 0 Å². The van der Waals surface area contributed by atoms with Gasteiger partial charge in [0.15, 0.2) is 0 Å². The summed E-state index contributed by atoms with van der Waals surface area (Å²) < 4.78 is 0. The van der Waals surface area contributed by atoms with Crippen LogP contribution in [0.15, 0.2) is 0 Å². The second kappa shape index (κ2) is 5.61. The molecule has 1 aliphatic heterocycles. The maximum absolute atomic E-state index is 12.5. The van der Waals surface area contributed by atoms with E-state index >= 15 is 0 Å². The van der Waals surface area contributed by atoms with Crippen LogP contribution in [-0.2, 0) is 4.79 Å². The van der Waals surface area contributed by atoms with Crippen molar-refractivity contribution in [3.63, 3.8) is 0 Å². The molecule has 0 aromatic rings. The third-order valence-corrected chi connectivity index (χ3v) is 4.68. The number of amides is 1. The van der Waals surface area contributed by atoms with Gasteiger partial charge in [0.1, 0.15) is 0 Å². The van der Waals surface area contributed by atoms with Gasteiger partial charge in [0.25, 0.3) is 0 Å². The fourth-order valence-corrected chi connectivity index (χ4v) is 2.55. The van der Waals surface area contributed by atoms with Crippen LogP contribution in [-0.4, -0.2) is 40.6 Å². The lowest BCUT2D eigenvalue weighted by atomic mass is 9.99. The van der Waals surface area contributed by atoms with E-state index in [-0.39, 0.29) is 17.6 Å². The Hall–Kier alpha value is -0.220. The number of hydrogen-bond donors (Lipinski definition) is 1. The molecule has 1 saturated heterocycles. The van der Waals surface area contributed by atoms with Crippen molar-refractivity contribution in [2.75, 3.05) is 12.8 Å². The van der Waals surface area contributed by atoms with E-state index in [4.69, 9.17) is 0 Å². The summed E-state index contributed by atoms with van der Waals surface area (Å²) in [7, 11) is 0. The summed E-state index contributed by atoms with van der Waals surface area (Å²) in [6, 6.07) is 0. The molecular formula is C13H26N2OS. The van der Waals surface area contributed by atoms with E-state index in [1.54, 1.807) is 0 Å². The van der Waals surface area contributed by atoms with Gasteiger partial charge in [-0.2, -0.15) is 11.8 Å². The molecule has 0 radical (unpaired) electrons. The van der Waals surface area contributed by atoms with Crippen LogP contribution >= 0.6 is 11.8 Å². The fraction of sp³-hybridized carbons (Fsp3) is 0.923. The lowest BCUT2D eigenvalue weighted by molar-refractivity contribution is -0.133. The second-order valence-corrected chi connectivity index (χ2v) is 6.80. The van der Waals surface area contributed by atoms with Crippen LogP contribution in [0, 0.1) is 5.92 Å². The number of nitrogens with one attached hydrogen (secondary N) is 1. The molecule has 3 nitrogen and oxygen atoms in total. The van der Waals surface area contributed by atoms with Crippen LogP contribution in [0.25, 0.3) is 0 Å². The van der Waals surface area contributed by atoms with Gasteiger partial charge in [-0.1, -0.05) is 27.7 Å². The van der Waals surface area contributed by atoms with Crippen molar-refractivity contribution in [2.24, 2.45) is 5.92 Å². The van der Waals surface area contributed by atoms with Crippen LogP contribution in [0.2, 0.25) is 0 Å². The molecular weight excluding hydrogens is 232 g/mol. The van der Waals surface area contributed by atoms with E-state index in [1.807, 2.05) is 23.6 Å². The molecule has 17 heavy (non-hydrogen) atoms. The normalized spacial score (nSPS) is 31.4. The molecule has 0 aromatic heterocycles. The van der Waals surface area contributed by atoms with Gasteiger partial charge >= 0.3 is 0 Å². The Morgan fingerprint density at radius 2 is 2.06 bits per heavy atom. The molecule has 0 spiro atoms. The van der Waals surface area contributed by atoms with Crippen molar-refractivity contribution in [3.8, 4) is 0 Å². The van der Waals surface area contributed by atoms with Gasteiger partial charge < -0.3 is 4.90 Å². The molecule has 1 N–H and O–H groups in total. The number of hydrogen-bond acceptors (Lipinski definition) is 3. The zero-order chi connectivity index (χ0) is 13.2. The highest BCUT2D eigenvalue weighted by Gasteiger charge is 2.47. The number of carbonyl (C=O) groups is 1. The van der Waals surface area contributed by atoms with Gasteiger partial charge in [0.2, 0.25) is 5.91 Å². The monoisotopic (exact) mass is 258 g/mol. The molecule has 1 heterocycles. The summed E-state index contributed by atoms with van der Waals surface area (Å²) in [6.07, 6.45) is 3.13. The molecule has 1 rings (SSSR count). The Morgan fingerprint density at radius 3 is 2.47 bits per heavy atom. The van der Waals surface area contributed by atoms with Crippen molar-refractivity contribution in [2.45, 2.75) is 58.0 Å². The van der Waals surface area contributed by atoms with Crippen molar-refractivity contribution < 1.29 is 4.79 Å². The molecule has 0 aromatic carbocycles. The summed E-state index contributed by atoms with van der Waals surface area (Å²) in [5.74, 6) is 0.709. The van der Waals surface area contributed by atoms with Gasteiger partial charge in [-0.05, 0) is 25.5 Å². The largest absolute Gasteiger partial charge is 0.324 e. The van der Waals surface area contributed by atoms with Crippen molar-refractivity contribution in [1.82, 2.24) is 10.2 Å². The first-order valence-corrected chi connectivity index (χ1v) is 7.76. The molecule has 1 amide bonds. The first-order chi connectivity index (χ1) is 7.85. The number of nitrogens with zero attached hydrogens (tertiary/aromatic N) is 1. The fourth-order valence-electron chi connectivity index (χ4n) is 2.24. The zero-order valence-corrected chi connectivity index (χ0v) is 12.7. The molecule has 0 saturated carbocycles. The first-order valence-electron chi connectivity index (χ1n) is 6.47. The van der Waals surface area contributed by atoms with Crippen molar-refractivity contribution in [1.29, 1.82) is 0 Å². The van der Waals surface area contributed by atoms with Crippen LogP contribution < -0.4 is 5.32 Å². The lowest BCUT2D eigenvalue weighted by Gasteiger charge is -2.29. The zero-order valence-electron chi connectivity index (χ0n) is 11.9. The standard InChI is InChI=1S/C13H26N2OS/c1-7-13(5)12(16)15(8-10(4)17-6)11(14-13)9(2)3/h9-11,14H,7-8H2,1-6H3. The molecule has 3 atom stereocenters. The molecule has 0 aliphatic carbocycles. The Bertz CT molecular complexity index is 283. The predicted molar refractivity (Wildman–Crippen MR) is 75.1 cm³/mol. The summed E-state index contributed by atoms with van der Waals surface area (Å²) >= 11 is 1.81. The number of carbonyl (C=O) groups excluding carboxylic acids is 1. The molecule has 4 heteroatoms. The first kappa shape index (κ1) is 14.8. The molecule has 100 valence electrons. The SMILES string of the molecule is CCC1(C)NC(C(C)C)N(CC(C)SC)C1=O. The predicted octanol–water partition coefficient (Wildman–Crippen LogP) is 2.32. The lowest BCUT2D eigenvalue weighted by Crippen LogP contribution is -2.45. The average molecular weight is 258 g/mol. The van der Waals surface area contributed by atoms with Gasteiger partial charge in [0, 0.05) is 11.8 Å². The molecule has 1 aliphatic rings. The molecule has 1 fully saturated rings. The topological polar surface area (TPSA) is 32.3 Å². The van der Waals surface area contributed by atoms with E-state index < -0.39 is 0 Å². The molecule has 0 bridgehead atoms. The van der Waals surface area contributed by atoms with Crippen molar-refractivity contribution in [3.05, 3.63) is 0 Å². The van der Waals surface area contributed by atoms with Crippen LogP contribution in [0.5, 0.6) is 0 Å². The quantitative estimate of drug-likeness (QED) is 0.821. The van der Waals surface area contributed by atoms with Crippen LogP contribution in [0.3, 0.4) is 0 Å². The van der Waals surface area contributed by atoms with Gasteiger partial charge in [-0.3, -0.25) is 10.1 Å². The Balaban J connectivity index is 2.87. The van der Waals surface area contributed by atoms with E-state index in [9.17, 15) is 4.79 Å². The average Bonchev–Trinajstić information content (AvgIpc) is 2.54. The highest BCUT2D eigenvalue weighted by Crippen LogP contribution is 2.28. The summed E-state index contributed by atoms with van der Waals surface area (Å²) in [5.41, 5.74) is -0.368. The van der Waals surface area contributed by atoms with Crippen LogP contribution in [0.4, 0.5) is 0 Å². The Kier molecular flexibility index (Phi) is 4.90. The van der Waals surface area contributed by atoms with Gasteiger partial charge in [-0.15, -0.1) is 0 Å². The van der Waals surface area contributed by atoms with E-state index in [0.717, 1.165) is 13.0 Å². The van der Waals surface area contributed by atoms with Gasteiger partial charge in [0.05, 0.1) is 11.7 Å². The smallest absolute Gasteiger partial charge is 0.243 e. The Morgan fingerprint density at radius 1 is 1.47 bits per heavy atom. The minimum atomic E-state index is -0.368. The minimum absolute atomic E-state index is 0.182. The highest BCUT2D eigenvalue weighted by atomic mass is 32.2. The third-order valence-electron chi connectivity index (χ3n) is 3.73. The van der Waals surface area contributed by atoms with Crippen molar-refractivity contribution >= 4 is 17.7 Å². The van der Waals surface area contributed by atoms with Crippen LogP contribution in [0.1, 0.15) is 41.0 Å². The number of thioether (sulfide) groups is 1. The van der Waals surface area contributed by atoms with E-state index in [2.05, 4.69) is 39.3 Å². The van der Waals surface area contributed by atoms with E-state index in [1.165, 1.54) is 0 Å². The third kappa shape index (κ3) is 2.97. The maximum atomic E-state index is 12.5. The molecule has 3 unspecified atom stereocenters. The maximum Gasteiger partial charge on any atom is 0.243 e. The summed E-state index contributed by atoms with van der Waals surface area (Å²) in [4.78, 5) is 14.5. The Labute approximate surface area is 110 Å².